The van der Waals surface area contributed by atoms with Gasteiger partial charge in [0.1, 0.15) is 0 Å². The van der Waals surface area contributed by atoms with Crippen molar-refractivity contribution in [1.82, 2.24) is 4.90 Å². The largest absolute Gasteiger partial charge is 0.490 e. The Labute approximate surface area is 141 Å². The topological polar surface area (TPSA) is 98.7 Å². The van der Waals surface area contributed by atoms with Gasteiger partial charge in [-0.2, -0.15) is 0 Å². The summed E-state index contributed by atoms with van der Waals surface area (Å²) in [6.07, 6.45) is 1.76. The van der Waals surface area contributed by atoms with Crippen LogP contribution >= 0.6 is 12.4 Å². The Morgan fingerprint density at radius 1 is 1.43 bits per heavy atom. The highest BCUT2D eigenvalue weighted by atomic mass is 35.5. The molecule has 2 rings (SSSR count). The van der Waals surface area contributed by atoms with Crippen LogP contribution in [0.2, 0.25) is 0 Å². The number of hydrogen-bond donors (Lipinski definition) is 1. The molecule has 0 radical (unpaired) electrons. The van der Waals surface area contributed by atoms with Crippen LogP contribution in [0.3, 0.4) is 0 Å². The molecule has 1 aromatic carbocycles. The van der Waals surface area contributed by atoms with E-state index in [9.17, 15) is 14.9 Å². The minimum absolute atomic E-state index is 0. The Bertz CT molecular complexity index is 572. The lowest BCUT2D eigenvalue weighted by atomic mass is 9.90. The van der Waals surface area contributed by atoms with Crippen LogP contribution in [0.5, 0.6) is 5.75 Å². The lowest BCUT2D eigenvalue weighted by molar-refractivity contribution is -0.385. The van der Waals surface area contributed by atoms with E-state index < -0.39 is 4.92 Å². The fourth-order valence-electron chi connectivity index (χ4n) is 2.77. The quantitative estimate of drug-likeness (QED) is 0.667. The Morgan fingerprint density at radius 2 is 2.04 bits per heavy atom. The molecule has 23 heavy (non-hydrogen) atoms. The third-order valence-corrected chi connectivity index (χ3v) is 4.19. The molecule has 1 unspecified atom stereocenters. The molecule has 1 aliphatic heterocycles. The van der Waals surface area contributed by atoms with Crippen LogP contribution < -0.4 is 10.5 Å². The van der Waals surface area contributed by atoms with Crippen LogP contribution in [0.25, 0.3) is 0 Å². The number of likely N-dealkylation sites (tertiary alicyclic amines) is 1. The summed E-state index contributed by atoms with van der Waals surface area (Å²) in [4.78, 5) is 24.6. The van der Waals surface area contributed by atoms with E-state index in [0.717, 1.165) is 12.8 Å². The number of carbonyl (C=O) groups is 1. The fraction of sp³-hybridized carbons (Fsp3) is 0.533. The van der Waals surface area contributed by atoms with E-state index in [1.165, 1.54) is 25.3 Å². The van der Waals surface area contributed by atoms with Crippen molar-refractivity contribution in [2.75, 3.05) is 20.2 Å². The van der Waals surface area contributed by atoms with Gasteiger partial charge < -0.3 is 15.4 Å². The molecule has 1 atom stereocenters. The average molecular weight is 344 g/mol. The smallest absolute Gasteiger partial charge is 0.310 e. The highest BCUT2D eigenvalue weighted by Gasteiger charge is 2.26. The number of nitro benzene ring substituents is 1. The number of hydrogen-bond acceptors (Lipinski definition) is 5. The number of nitro groups is 1. The molecule has 2 N–H and O–H groups in total. The number of ether oxygens (including phenoxy) is 1. The average Bonchev–Trinajstić information content (AvgIpc) is 2.53. The first-order valence-corrected chi connectivity index (χ1v) is 7.31. The molecule has 1 heterocycles. The number of piperidine rings is 1. The monoisotopic (exact) mass is 343 g/mol. The van der Waals surface area contributed by atoms with Gasteiger partial charge in [-0.25, -0.2) is 0 Å². The highest BCUT2D eigenvalue weighted by molar-refractivity contribution is 5.95. The molecule has 0 bridgehead atoms. The van der Waals surface area contributed by atoms with Crippen LogP contribution in [-0.4, -0.2) is 42.0 Å². The third kappa shape index (κ3) is 4.33. The Hall–Kier alpha value is -1.86. The van der Waals surface area contributed by atoms with Gasteiger partial charge in [-0.15, -0.1) is 12.4 Å². The summed E-state index contributed by atoms with van der Waals surface area (Å²) in [6, 6.07) is 4.34. The first-order valence-electron chi connectivity index (χ1n) is 7.31. The lowest BCUT2D eigenvalue weighted by Gasteiger charge is -2.33. The van der Waals surface area contributed by atoms with Gasteiger partial charge in [0.15, 0.2) is 5.75 Å². The van der Waals surface area contributed by atoms with Gasteiger partial charge in [0, 0.05) is 36.8 Å². The minimum Gasteiger partial charge on any atom is -0.490 e. The number of nitrogens with two attached hydrogens (primary N) is 1. The van der Waals surface area contributed by atoms with Crippen molar-refractivity contribution in [3.05, 3.63) is 33.9 Å². The van der Waals surface area contributed by atoms with Crippen molar-refractivity contribution in [1.29, 1.82) is 0 Å². The first kappa shape index (κ1) is 19.2. The summed E-state index contributed by atoms with van der Waals surface area (Å²) < 4.78 is 5.00. The molecule has 0 spiro atoms. The first-order chi connectivity index (χ1) is 10.4. The second kappa shape index (κ2) is 8.12. The number of halogens is 1. The van der Waals surface area contributed by atoms with Crippen molar-refractivity contribution in [2.24, 2.45) is 11.7 Å². The second-order valence-corrected chi connectivity index (χ2v) is 5.63. The van der Waals surface area contributed by atoms with E-state index in [1.807, 2.05) is 6.92 Å². The summed E-state index contributed by atoms with van der Waals surface area (Å²) in [7, 11) is 1.35. The Balaban J connectivity index is 0.00000264. The summed E-state index contributed by atoms with van der Waals surface area (Å²) in [5.41, 5.74) is 6.16. The maximum absolute atomic E-state index is 12.5. The highest BCUT2D eigenvalue weighted by Crippen LogP contribution is 2.29. The molecular weight excluding hydrogens is 322 g/mol. The van der Waals surface area contributed by atoms with E-state index >= 15 is 0 Å². The number of carbonyl (C=O) groups excluding carboxylic acids is 1. The molecular formula is C15H22ClN3O4. The van der Waals surface area contributed by atoms with Crippen molar-refractivity contribution in [3.8, 4) is 5.75 Å². The van der Waals surface area contributed by atoms with Gasteiger partial charge in [0.25, 0.3) is 5.91 Å². The predicted molar refractivity (Wildman–Crippen MR) is 89.2 cm³/mol. The van der Waals surface area contributed by atoms with E-state index in [4.69, 9.17) is 10.5 Å². The Kier molecular flexibility index (Phi) is 6.78. The van der Waals surface area contributed by atoms with Crippen molar-refractivity contribution < 1.29 is 14.5 Å². The zero-order chi connectivity index (χ0) is 16.3. The van der Waals surface area contributed by atoms with Gasteiger partial charge in [-0.3, -0.25) is 14.9 Å². The van der Waals surface area contributed by atoms with E-state index in [1.54, 1.807) is 4.90 Å². The molecule has 1 amide bonds. The number of nitrogens with zero attached hydrogens (tertiary/aromatic N) is 2. The van der Waals surface area contributed by atoms with Gasteiger partial charge in [0.05, 0.1) is 12.0 Å². The number of benzene rings is 1. The van der Waals surface area contributed by atoms with E-state index in [2.05, 4.69) is 0 Å². The van der Waals surface area contributed by atoms with Crippen LogP contribution in [-0.2, 0) is 0 Å². The Morgan fingerprint density at radius 3 is 2.52 bits per heavy atom. The normalized spacial score (nSPS) is 16.4. The SMILES string of the molecule is COc1cc(C(=O)N2CCC(C(C)N)CC2)ccc1[N+](=O)[O-].Cl. The van der Waals surface area contributed by atoms with Gasteiger partial charge in [0.2, 0.25) is 0 Å². The van der Waals surface area contributed by atoms with Crippen molar-refractivity contribution in [2.45, 2.75) is 25.8 Å². The van der Waals surface area contributed by atoms with Crippen LogP contribution in [0.4, 0.5) is 5.69 Å². The molecule has 1 aromatic rings. The minimum atomic E-state index is -0.527. The molecule has 0 aromatic heterocycles. The van der Waals surface area contributed by atoms with Gasteiger partial charge >= 0.3 is 5.69 Å². The molecule has 1 fully saturated rings. The fourth-order valence-corrected chi connectivity index (χ4v) is 2.77. The number of rotatable bonds is 4. The van der Waals surface area contributed by atoms with Gasteiger partial charge in [-0.1, -0.05) is 0 Å². The molecule has 128 valence electrons. The number of methoxy groups -OCH3 is 1. The summed E-state index contributed by atoms with van der Waals surface area (Å²) >= 11 is 0. The van der Waals surface area contributed by atoms with E-state index in [0.29, 0.717) is 24.6 Å². The molecule has 0 aliphatic carbocycles. The number of amides is 1. The van der Waals surface area contributed by atoms with E-state index in [-0.39, 0.29) is 35.8 Å². The summed E-state index contributed by atoms with van der Waals surface area (Å²) in [6.45, 7) is 3.30. The molecule has 8 heteroatoms. The molecule has 1 aliphatic rings. The van der Waals surface area contributed by atoms with Crippen molar-refractivity contribution >= 4 is 24.0 Å². The predicted octanol–water partition coefficient (Wildman–Crippen LogP) is 2.22. The van der Waals surface area contributed by atoms with Crippen LogP contribution in [0.1, 0.15) is 30.1 Å². The van der Waals surface area contributed by atoms with Gasteiger partial charge in [-0.05, 0) is 31.7 Å². The summed E-state index contributed by atoms with van der Waals surface area (Å²) in [5.74, 6) is 0.410. The summed E-state index contributed by atoms with van der Waals surface area (Å²) in [5, 5.41) is 10.9. The lowest BCUT2D eigenvalue weighted by Crippen LogP contribution is -2.42. The van der Waals surface area contributed by atoms with Crippen molar-refractivity contribution in [3.63, 3.8) is 0 Å². The second-order valence-electron chi connectivity index (χ2n) is 5.63. The van der Waals surface area contributed by atoms with Crippen LogP contribution in [0, 0.1) is 16.0 Å². The van der Waals surface area contributed by atoms with Crippen LogP contribution in [0.15, 0.2) is 18.2 Å². The molecule has 0 saturated carbocycles. The maximum atomic E-state index is 12.5. The standard InChI is InChI=1S/C15H21N3O4.ClH/c1-10(16)11-5-7-17(8-6-11)15(19)12-3-4-13(18(20)21)14(9-12)22-2;/h3-4,9-11H,5-8,16H2,1-2H3;1H. The zero-order valence-corrected chi connectivity index (χ0v) is 14.0. The maximum Gasteiger partial charge on any atom is 0.310 e. The zero-order valence-electron chi connectivity index (χ0n) is 13.2. The molecule has 1 saturated heterocycles. The molecule has 7 nitrogen and oxygen atoms in total. The third-order valence-electron chi connectivity index (χ3n) is 4.19.